The Morgan fingerprint density at radius 1 is 1.27 bits per heavy atom. The Bertz CT molecular complexity index is 900. The summed E-state index contributed by atoms with van der Waals surface area (Å²) in [5.41, 5.74) is -1.31. The van der Waals surface area contributed by atoms with E-state index in [0.717, 1.165) is 30.4 Å². The topological polar surface area (TPSA) is 105 Å². The van der Waals surface area contributed by atoms with Gasteiger partial charge in [0.2, 0.25) is 0 Å². The average molecular weight is 450 g/mol. The van der Waals surface area contributed by atoms with Gasteiger partial charge in [-0.1, -0.05) is 18.2 Å². The van der Waals surface area contributed by atoms with Crippen molar-refractivity contribution >= 4 is 29.2 Å². The van der Waals surface area contributed by atoms with Crippen LogP contribution in [-0.4, -0.2) is 47.2 Å². The second-order valence-corrected chi connectivity index (χ2v) is 6.49. The van der Waals surface area contributed by atoms with Gasteiger partial charge in [0, 0.05) is 12.1 Å². The van der Waals surface area contributed by atoms with E-state index in [1.54, 1.807) is 0 Å². The molecular formula is C18H15ClF3NO7. The number of ether oxygens (including phenoxy) is 3. The molecule has 0 saturated carbocycles. The van der Waals surface area contributed by atoms with Crippen molar-refractivity contribution in [1.29, 1.82) is 0 Å². The molecule has 162 valence electrons. The zero-order valence-corrected chi connectivity index (χ0v) is 16.1. The Labute approximate surface area is 173 Å². The third kappa shape index (κ3) is 5.09. The first kappa shape index (κ1) is 23.2. The monoisotopic (exact) mass is 449 g/mol. The van der Waals surface area contributed by atoms with E-state index in [1.807, 2.05) is 0 Å². The molecule has 0 heterocycles. The summed E-state index contributed by atoms with van der Waals surface area (Å²) in [6, 6.07) is 2.72. The molecule has 0 fully saturated rings. The summed E-state index contributed by atoms with van der Waals surface area (Å²) >= 11 is 5.73. The molecule has 8 nitrogen and oxygen atoms in total. The van der Waals surface area contributed by atoms with E-state index in [0.29, 0.717) is 6.08 Å². The minimum Gasteiger partial charge on any atom is -0.484 e. The Morgan fingerprint density at radius 2 is 1.97 bits per heavy atom. The number of esters is 2. The van der Waals surface area contributed by atoms with Gasteiger partial charge in [0.05, 0.1) is 11.5 Å². The molecule has 1 aliphatic rings. The van der Waals surface area contributed by atoms with Gasteiger partial charge >= 0.3 is 18.1 Å². The molecule has 0 aromatic heterocycles. The minimum absolute atomic E-state index is 0.0303. The van der Waals surface area contributed by atoms with Gasteiger partial charge in [0.1, 0.15) is 17.4 Å². The van der Waals surface area contributed by atoms with Gasteiger partial charge in [-0.2, -0.15) is 13.2 Å². The number of hydrogen-bond acceptors (Lipinski definition) is 7. The number of nitro benzene ring substituents is 1. The van der Waals surface area contributed by atoms with Gasteiger partial charge in [0.25, 0.3) is 5.69 Å². The van der Waals surface area contributed by atoms with E-state index in [-0.39, 0.29) is 12.4 Å². The van der Waals surface area contributed by atoms with Crippen LogP contribution in [0.15, 0.2) is 42.5 Å². The Balaban J connectivity index is 2.30. The fraction of sp³-hybridized carbons (Fsp3) is 0.333. The van der Waals surface area contributed by atoms with Crippen LogP contribution >= 0.6 is 11.6 Å². The fourth-order valence-corrected chi connectivity index (χ4v) is 2.63. The maximum atomic E-state index is 13.4. The van der Waals surface area contributed by atoms with Crippen molar-refractivity contribution in [3.05, 3.63) is 58.2 Å². The predicted molar refractivity (Wildman–Crippen MR) is 97.3 cm³/mol. The Hall–Kier alpha value is -3.08. The number of rotatable bonds is 7. The lowest BCUT2D eigenvalue weighted by molar-refractivity contribution is -0.385. The van der Waals surface area contributed by atoms with Crippen molar-refractivity contribution in [2.45, 2.75) is 24.1 Å². The first-order chi connectivity index (χ1) is 14.0. The van der Waals surface area contributed by atoms with Crippen molar-refractivity contribution < 1.29 is 41.9 Å². The summed E-state index contributed by atoms with van der Waals surface area (Å²) in [6.45, 7) is 0.755. The number of nitrogens with zero attached hydrogens (tertiary/aromatic N) is 1. The average Bonchev–Trinajstić information content (AvgIpc) is 2.67. The molecular weight excluding hydrogens is 435 g/mol. The molecule has 0 radical (unpaired) electrons. The molecule has 1 aromatic rings. The van der Waals surface area contributed by atoms with E-state index < -0.39 is 51.9 Å². The molecule has 0 bridgehead atoms. The number of hydrogen-bond donors (Lipinski definition) is 0. The fourth-order valence-electron chi connectivity index (χ4n) is 2.44. The number of alkyl halides is 4. The highest BCUT2D eigenvalue weighted by molar-refractivity contribution is 6.26. The van der Waals surface area contributed by atoms with Crippen LogP contribution < -0.4 is 4.74 Å². The normalized spacial score (nSPS) is 20.5. The molecule has 2 unspecified atom stereocenters. The summed E-state index contributed by atoms with van der Waals surface area (Å²) in [6.07, 6.45) is -2.43. The highest BCUT2D eigenvalue weighted by atomic mass is 35.5. The van der Waals surface area contributed by atoms with Gasteiger partial charge < -0.3 is 14.2 Å². The van der Waals surface area contributed by atoms with Crippen LogP contribution in [-0.2, 0) is 14.3 Å². The highest BCUT2D eigenvalue weighted by Crippen LogP contribution is 2.43. The molecule has 0 N–H and O–H groups in total. The molecule has 0 amide bonds. The maximum absolute atomic E-state index is 13.4. The largest absolute Gasteiger partial charge is 0.484 e. The van der Waals surface area contributed by atoms with E-state index in [4.69, 9.17) is 16.3 Å². The van der Waals surface area contributed by atoms with E-state index in [1.165, 1.54) is 13.0 Å². The molecule has 30 heavy (non-hydrogen) atoms. The second-order valence-electron chi connectivity index (χ2n) is 5.87. The summed E-state index contributed by atoms with van der Waals surface area (Å²) in [5, 5.41) is 11.2. The maximum Gasteiger partial charge on any atom is 0.415 e. The van der Waals surface area contributed by atoms with Crippen molar-refractivity contribution in [2.75, 3.05) is 13.2 Å². The molecule has 0 spiro atoms. The lowest BCUT2D eigenvalue weighted by Gasteiger charge is -2.34. The number of nitro groups is 1. The third-order valence-corrected chi connectivity index (χ3v) is 4.41. The number of halogens is 4. The second kappa shape index (κ2) is 9.16. The number of allylic oxidation sites excluding steroid dienone is 2. The third-order valence-electron chi connectivity index (χ3n) is 3.86. The summed E-state index contributed by atoms with van der Waals surface area (Å²) in [5.74, 6) is -2.44. The van der Waals surface area contributed by atoms with Gasteiger partial charge in [-0.15, -0.1) is 11.6 Å². The van der Waals surface area contributed by atoms with Crippen LogP contribution in [0.4, 0.5) is 18.9 Å². The predicted octanol–water partition coefficient (Wildman–Crippen LogP) is 3.73. The summed E-state index contributed by atoms with van der Waals surface area (Å²) < 4.78 is 54.7. The van der Waals surface area contributed by atoms with Gasteiger partial charge in [-0.25, -0.2) is 9.59 Å². The van der Waals surface area contributed by atoms with Crippen LogP contribution in [0.5, 0.6) is 5.75 Å². The molecule has 0 aliphatic heterocycles. The smallest absolute Gasteiger partial charge is 0.415 e. The quantitative estimate of drug-likeness (QED) is 0.270. The van der Waals surface area contributed by atoms with Crippen LogP contribution in [0.3, 0.4) is 0 Å². The van der Waals surface area contributed by atoms with Gasteiger partial charge in [0.15, 0.2) is 11.5 Å². The molecule has 12 heteroatoms. The minimum atomic E-state index is -4.87. The summed E-state index contributed by atoms with van der Waals surface area (Å²) in [7, 11) is 0. The zero-order valence-electron chi connectivity index (χ0n) is 15.3. The lowest BCUT2D eigenvalue weighted by atomic mass is 9.95. The van der Waals surface area contributed by atoms with Crippen molar-refractivity contribution in [1.82, 2.24) is 0 Å². The van der Waals surface area contributed by atoms with Crippen LogP contribution in [0.25, 0.3) is 0 Å². The SMILES string of the molecule is CCOC(=O)COC(=O)c1cc(OC2C=CC=CC2(Cl)C(F)(F)F)ccc1[N+](=O)[O-]. The highest BCUT2D eigenvalue weighted by Gasteiger charge is 2.58. The molecule has 0 saturated heterocycles. The molecule has 2 atom stereocenters. The summed E-state index contributed by atoms with van der Waals surface area (Å²) in [4.78, 5) is 30.9. The van der Waals surface area contributed by atoms with Crippen molar-refractivity contribution in [3.8, 4) is 5.75 Å². The van der Waals surface area contributed by atoms with Gasteiger partial charge in [-0.05, 0) is 19.1 Å². The standard InChI is InChI=1S/C18H15ClF3NO7/c1-2-28-15(24)10-29-16(25)12-9-11(6-7-13(12)23(26)27)30-14-5-3-4-8-17(14,19)18(20,21)22/h3-9,14H,2,10H2,1H3. The molecule has 1 aromatic carbocycles. The number of carbonyl (C=O) groups excluding carboxylic acids is 2. The van der Waals surface area contributed by atoms with Crippen LogP contribution in [0.1, 0.15) is 17.3 Å². The van der Waals surface area contributed by atoms with Crippen molar-refractivity contribution in [3.63, 3.8) is 0 Å². The zero-order chi connectivity index (χ0) is 22.5. The van der Waals surface area contributed by atoms with E-state index in [2.05, 4.69) is 9.47 Å². The Kier molecular flexibility index (Phi) is 7.08. The Morgan fingerprint density at radius 3 is 2.57 bits per heavy atom. The van der Waals surface area contributed by atoms with Crippen LogP contribution in [0, 0.1) is 10.1 Å². The molecule has 2 rings (SSSR count). The first-order valence-electron chi connectivity index (χ1n) is 8.39. The van der Waals surface area contributed by atoms with Crippen molar-refractivity contribution in [2.24, 2.45) is 0 Å². The number of benzene rings is 1. The van der Waals surface area contributed by atoms with E-state index in [9.17, 15) is 32.9 Å². The number of carbonyl (C=O) groups is 2. The first-order valence-corrected chi connectivity index (χ1v) is 8.77. The molecule has 1 aliphatic carbocycles. The van der Waals surface area contributed by atoms with Crippen LogP contribution in [0.2, 0.25) is 0 Å². The van der Waals surface area contributed by atoms with Gasteiger partial charge in [-0.3, -0.25) is 10.1 Å². The lowest BCUT2D eigenvalue weighted by Crippen LogP contribution is -2.50. The van der Waals surface area contributed by atoms with E-state index >= 15 is 0 Å².